The molecule has 1 amide bonds. The predicted molar refractivity (Wildman–Crippen MR) is 137 cm³/mol. The van der Waals surface area contributed by atoms with Gasteiger partial charge in [0.05, 0.1) is 5.69 Å². The van der Waals surface area contributed by atoms with E-state index in [0.29, 0.717) is 42.9 Å². The molecular formula is C27H25N7O2. The van der Waals surface area contributed by atoms with E-state index < -0.39 is 0 Å². The summed E-state index contributed by atoms with van der Waals surface area (Å²) < 4.78 is 5.64. The summed E-state index contributed by atoms with van der Waals surface area (Å²) in [5.41, 5.74) is 4.78. The number of carbonyl (C=O) groups excluding carboxylic acids is 1. The Morgan fingerprint density at radius 1 is 0.972 bits per heavy atom. The van der Waals surface area contributed by atoms with Gasteiger partial charge in [0.15, 0.2) is 12.4 Å². The zero-order chi connectivity index (χ0) is 24.7. The molecule has 0 fully saturated rings. The molecule has 180 valence electrons. The number of hydrogen-bond donors (Lipinski definition) is 1. The molecule has 9 nitrogen and oxygen atoms in total. The van der Waals surface area contributed by atoms with E-state index >= 15 is 0 Å². The summed E-state index contributed by atoms with van der Waals surface area (Å²) in [4.78, 5) is 36.1. The number of benzene rings is 1. The molecule has 1 aliphatic heterocycles. The minimum atomic E-state index is -0.135. The number of fused-ring (bicyclic) bond motifs is 1. The van der Waals surface area contributed by atoms with Gasteiger partial charge >= 0.3 is 0 Å². The second-order valence-electron chi connectivity index (χ2n) is 8.19. The lowest BCUT2D eigenvalue weighted by atomic mass is 10.1. The largest absolute Gasteiger partial charge is 0.484 e. The maximum atomic E-state index is 11.7. The van der Waals surface area contributed by atoms with Gasteiger partial charge in [-0.2, -0.15) is 0 Å². The molecule has 4 heterocycles. The Bertz CT molecular complexity index is 1390. The maximum absolute atomic E-state index is 11.7. The SMILES string of the molecule is CCNC(=O)COc1ccc2c(c1)CN(c1nccc(-c3nccc(/C=C/c4ccncc4)n3)n1)C2. The maximum Gasteiger partial charge on any atom is 0.257 e. The lowest BCUT2D eigenvalue weighted by Crippen LogP contribution is -2.28. The molecule has 0 spiro atoms. The highest BCUT2D eigenvalue weighted by molar-refractivity contribution is 5.77. The molecule has 1 N–H and O–H groups in total. The van der Waals surface area contributed by atoms with Gasteiger partial charge in [-0.25, -0.2) is 19.9 Å². The molecule has 1 aromatic carbocycles. The highest BCUT2D eigenvalue weighted by Gasteiger charge is 2.22. The first kappa shape index (κ1) is 23.1. The second kappa shape index (κ2) is 10.7. The first-order valence-corrected chi connectivity index (χ1v) is 11.7. The number of pyridine rings is 1. The van der Waals surface area contributed by atoms with Crippen LogP contribution in [0.1, 0.15) is 29.3 Å². The van der Waals surface area contributed by atoms with E-state index in [1.165, 1.54) is 5.56 Å². The third-order valence-electron chi connectivity index (χ3n) is 5.63. The average Bonchev–Trinajstić information content (AvgIpc) is 3.35. The molecule has 0 saturated heterocycles. The van der Waals surface area contributed by atoms with Crippen LogP contribution in [-0.4, -0.2) is 44.0 Å². The molecule has 0 radical (unpaired) electrons. The van der Waals surface area contributed by atoms with E-state index in [-0.39, 0.29) is 12.5 Å². The third-order valence-corrected chi connectivity index (χ3v) is 5.63. The van der Waals surface area contributed by atoms with Crippen LogP contribution in [-0.2, 0) is 17.9 Å². The van der Waals surface area contributed by atoms with Gasteiger partial charge in [-0.1, -0.05) is 12.1 Å². The minimum Gasteiger partial charge on any atom is -0.484 e. The number of carbonyl (C=O) groups is 1. The number of likely N-dealkylation sites (N-methyl/N-ethyl adjacent to an activating group) is 1. The van der Waals surface area contributed by atoms with Crippen LogP contribution in [0.5, 0.6) is 5.75 Å². The molecule has 9 heteroatoms. The fourth-order valence-corrected chi connectivity index (χ4v) is 3.87. The van der Waals surface area contributed by atoms with Gasteiger partial charge in [0.25, 0.3) is 5.91 Å². The number of aromatic nitrogens is 5. The highest BCUT2D eigenvalue weighted by atomic mass is 16.5. The van der Waals surface area contributed by atoms with Crippen LogP contribution in [0.4, 0.5) is 5.95 Å². The van der Waals surface area contributed by atoms with Crippen LogP contribution in [0.3, 0.4) is 0 Å². The van der Waals surface area contributed by atoms with E-state index in [1.54, 1.807) is 24.8 Å². The zero-order valence-electron chi connectivity index (χ0n) is 19.8. The van der Waals surface area contributed by atoms with E-state index in [9.17, 15) is 4.79 Å². The average molecular weight is 480 g/mol. The lowest BCUT2D eigenvalue weighted by Gasteiger charge is -2.15. The number of ether oxygens (including phenoxy) is 1. The molecular weight excluding hydrogens is 454 g/mol. The predicted octanol–water partition coefficient (Wildman–Crippen LogP) is 3.53. The van der Waals surface area contributed by atoms with Crippen LogP contribution < -0.4 is 15.0 Å². The Labute approximate surface area is 209 Å². The molecule has 0 bridgehead atoms. The summed E-state index contributed by atoms with van der Waals surface area (Å²) in [6.45, 7) is 3.79. The molecule has 1 aliphatic rings. The van der Waals surface area contributed by atoms with Gasteiger partial charge < -0.3 is 15.0 Å². The zero-order valence-corrected chi connectivity index (χ0v) is 19.8. The molecule has 5 rings (SSSR count). The van der Waals surface area contributed by atoms with Gasteiger partial charge in [0.2, 0.25) is 5.95 Å². The van der Waals surface area contributed by atoms with Gasteiger partial charge in [-0.3, -0.25) is 9.78 Å². The molecule has 0 unspecified atom stereocenters. The summed E-state index contributed by atoms with van der Waals surface area (Å²) in [7, 11) is 0. The normalized spacial score (nSPS) is 12.5. The fourth-order valence-electron chi connectivity index (χ4n) is 3.87. The van der Waals surface area contributed by atoms with Gasteiger partial charge in [-0.15, -0.1) is 0 Å². The number of anilines is 1. The molecule has 0 aliphatic carbocycles. The van der Waals surface area contributed by atoms with Crippen molar-refractivity contribution >= 4 is 24.0 Å². The van der Waals surface area contributed by atoms with E-state index in [1.807, 2.05) is 61.5 Å². The Kier molecular flexibility index (Phi) is 6.88. The lowest BCUT2D eigenvalue weighted by molar-refractivity contribution is -0.122. The topological polar surface area (TPSA) is 106 Å². The van der Waals surface area contributed by atoms with Crippen molar-refractivity contribution in [3.63, 3.8) is 0 Å². The van der Waals surface area contributed by atoms with Crippen molar-refractivity contribution in [3.8, 4) is 17.3 Å². The summed E-state index contributed by atoms with van der Waals surface area (Å²) in [6.07, 6.45) is 10.9. The number of rotatable bonds is 8. The van der Waals surface area contributed by atoms with Crippen molar-refractivity contribution in [1.29, 1.82) is 0 Å². The Balaban J connectivity index is 1.29. The second-order valence-corrected chi connectivity index (χ2v) is 8.19. The van der Waals surface area contributed by atoms with Gasteiger partial charge in [0, 0.05) is 44.4 Å². The van der Waals surface area contributed by atoms with Crippen LogP contribution >= 0.6 is 0 Å². The van der Waals surface area contributed by atoms with Crippen molar-refractivity contribution in [2.75, 3.05) is 18.1 Å². The number of hydrogen-bond acceptors (Lipinski definition) is 8. The quantitative estimate of drug-likeness (QED) is 0.409. The Morgan fingerprint density at radius 3 is 2.67 bits per heavy atom. The smallest absolute Gasteiger partial charge is 0.257 e. The van der Waals surface area contributed by atoms with Crippen LogP contribution in [0.15, 0.2) is 67.3 Å². The summed E-state index contributed by atoms with van der Waals surface area (Å²) >= 11 is 0. The third kappa shape index (κ3) is 5.52. The summed E-state index contributed by atoms with van der Waals surface area (Å²) in [6, 6.07) is 13.4. The Hall–Kier alpha value is -4.66. The first-order valence-electron chi connectivity index (χ1n) is 11.7. The van der Waals surface area contributed by atoms with Crippen molar-refractivity contribution in [2.24, 2.45) is 0 Å². The van der Waals surface area contributed by atoms with Crippen molar-refractivity contribution in [2.45, 2.75) is 20.0 Å². The molecule has 4 aromatic rings. The number of nitrogens with zero attached hydrogens (tertiary/aromatic N) is 6. The first-order chi connectivity index (χ1) is 17.7. The Morgan fingerprint density at radius 2 is 1.81 bits per heavy atom. The van der Waals surface area contributed by atoms with Crippen LogP contribution in [0, 0.1) is 0 Å². The summed E-state index contributed by atoms with van der Waals surface area (Å²) in [5, 5.41) is 2.73. The van der Waals surface area contributed by atoms with Crippen LogP contribution in [0.2, 0.25) is 0 Å². The fraction of sp³-hybridized carbons (Fsp3) is 0.185. The van der Waals surface area contributed by atoms with E-state index in [2.05, 4.69) is 30.2 Å². The van der Waals surface area contributed by atoms with E-state index in [4.69, 9.17) is 9.72 Å². The van der Waals surface area contributed by atoms with Gasteiger partial charge in [0.1, 0.15) is 11.4 Å². The standard InChI is InChI=1S/C27H25N7O2/c1-2-29-25(35)18-36-23-6-4-20-16-34(17-21(20)15-23)27-31-14-10-24(33-27)26-30-13-9-22(32-26)5-3-19-7-11-28-12-8-19/h3-15H,2,16-18H2,1H3,(H,29,35)/b5-3+. The van der Waals surface area contributed by atoms with Crippen LogP contribution in [0.25, 0.3) is 23.7 Å². The highest BCUT2D eigenvalue weighted by Crippen LogP contribution is 2.29. The molecule has 3 aromatic heterocycles. The minimum absolute atomic E-state index is 0.00168. The number of nitrogens with one attached hydrogen (secondary N) is 1. The number of amides is 1. The summed E-state index contributed by atoms with van der Waals surface area (Å²) in [5.74, 6) is 1.67. The van der Waals surface area contributed by atoms with Crippen molar-refractivity contribution in [1.82, 2.24) is 30.2 Å². The molecule has 36 heavy (non-hydrogen) atoms. The molecule has 0 atom stereocenters. The van der Waals surface area contributed by atoms with Crippen molar-refractivity contribution in [3.05, 3.63) is 89.6 Å². The van der Waals surface area contributed by atoms with E-state index in [0.717, 1.165) is 16.8 Å². The monoisotopic (exact) mass is 479 g/mol. The van der Waals surface area contributed by atoms with Gasteiger partial charge in [-0.05, 0) is 66.1 Å². The molecule has 0 saturated carbocycles. The van der Waals surface area contributed by atoms with Crippen molar-refractivity contribution < 1.29 is 9.53 Å².